The van der Waals surface area contributed by atoms with E-state index in [1.54, 1.807) is 18.2 Å². The van der Waals surface area contributed by atoms with Gasteiger partial charge in [-0.25, -0.2) is 23.5 Å². The maximum absolute atomic E-state index is 13.0. The zero-order valence-electron chi connectivity index (χ0n) is 15.8. The van der Waals surface area contributed by atoms with Crippen molar-refractivity contribution in [2.45, 2.75) is 24.9 Å². The molecule has 2 heterocycles. The van der Waals surface area contributed by atoms with Crippen molar-refractivity contribution in [1.29, 1.82) is 0 Å². The Balaban J connectivity index is 1.81. The lowest BCUT2D eigenvalue weighted by Crippen LogP contribution is -2.40. The Morgan fingerprint density at radius 2 is 1.83 bits per heavy atom. The molecule has 2 aromatic rings. The molecule has 152 valence electrons. The maximum Gasteiger partial charge on any atom is 0.347 e. The first-order valence-electron chi connectivity index (χ1n) is 9.36. The van der Waals surface area contributed by atoms with Gasteiger partial charge in [0.1, 0.15) is 5.75 Å². The fraction of sp³-hybridized carbons (Fsp3) is 0.238. The number of benzene rings is 1. The minimum Gasteiger partial charge on any atom is -0.508 e. The third-order valence-corrected chi connectivity index (χ3v) is 6.63. The number of halogens is 1. The molecule has 0 saturated heterocycles. The van der Waals surface area contributed by atoms with E-state index in [-0.39, 0.29) is 34.8 Å². The van der Waals surface area contributed by atoms with E-state index in [1.165, 1.54) is 28.6 Å². The van der Waals surface area contributed by atoms with Gasteiger partial charge in [-0.2, -0.15) is 0 Å². The van der Waals surface area contributed by atoms with Crippen LogP contribution in [0.5, 0.6) is 5.75 Å². The van der Waals surface area contributed by atoms with Crippen molar-refractivity contribution in [2.24, 2.45) is 7.05 Å². The number of fused-ring (bicyclic) bond motifs is 3. The molecular weight excluding hydrogens is 454 g/mol. The van der Waals surface area contributed by atoms with Gasteiger partial charge in [0.25, 0.3) is 0 Å². The molecular formula is C21H16BrN3O5. The van der Waals surface area contributed by atoms with Crippen LogP contribution in [0.3, 0.4) is 0 Å². The van der Waals surface area contributed by atoms with Crippen LogP contribution in [0.1, 0.15) is 23.9 Å². The van der Waals surface area contributed by atoms with Gasteiger partial charge >= 0.3 is 11.4 Å². The lowest BCUT2D eigenvalue weighted by Gasteiger charge is -2.39. The van der Waals surface area contributed by atoms with Gasteiger partial charge < -0.3 is 5.11 Å². The van der Waals surface area contributed by atoms with Crippen molar-refractivity contribution < 1.29 is 14.7 Å². The average Bonchev–Trinajstić information content (AvgIpc) is 2.95. The van der Waals surface area contributed by atoms with Gasteiger partial charge in [0.2, 0.25) is 0 Å². The summed E-state index contributed by atoms with van der Waals surface area (Å²) in [6, 6.07) is 6.03. The highest BCUT2D eigenvalue weighted by molar-refractivity contribution is 9.12. The fourth-order valence-electron chi connectivity index (χ4n) is 4.67. The van der Waals surface area contributed by atoms with Crippen LogP contribution >= 0.6 is 15.9 Å². The molecule has 9 heteroatoms. The molecule has 3 aliphatic rings. The number of allylic oxidation sites excluding steroid dienone is 6. The van der Waals surface area contributed by atoms with Crippen molar-refractivity contribution in [2.75, 3.05) is 0 Å². The summed E-state index contributed by atoms with van der Waals surface area (Å²) in [5.41, 5.74) is 0.874. The number of carbonyl (C=O) groups excluding carboxylic acids is 2. The van der Waals surface area contributed by atoms with Gasteiger partial charge in [-0.15, -0.1) is 0 Å². The minimum absolute atomic E-state index is 0.00635. The van der Waals surface area contributed by atoms with Crippen LogP contribution in [0.25, 0.3) is 0 Å². The zero-order valence-corrected chi connectivity index (χ0v) is 17.4. The number of rotatable bonds is 1. The molecule has 1 aromatic carbocycles. The molecule has 1 aromatic heterocycles. The predicted molar refractivity (Wildman–Crippen MR) is 111 cm³/mol. The normalized spacial score (nSPS) is 22.9. The number of nitrogens with zero attached hydrogens (tertiary/aromatic N) is 3. The molecule has 0 fully saturated rings. The molecule has 5 rings (SSSR count). The Kier molecular flexibility index (Phi) is 4.01. The summed E-state index contributed by atoms with van der Waals surface area (Å²) in [6.45, 7) is 0.162. The summed E-state index contributed by atoms with van der Waals surface area (Å²) in [6.07, 6.45) is 3.18. The van der Waals surface area contributed by atoms with E-state index >= 15 is 0 Å². The number of ketones is 2. The van der Waals surface area contributed by atoms with Crippen LogP contribution in [0.2, 0.25) is 0 Å². The Labute approximate surface area is 178 Å². The van der Waals surface area contributed by atoms with E-state index < -0.39 is 23.3 Å². The van der Waals surface area contributed by atoms with Crippen LogP contribution in [0.15, 0.2) is 67.2 Å². The first-order chi connectivity index (χ1) is 14.3. The van der Waals surface area contributed by atoms with Crippen LogP contribution < -0.4 is 11.4 Å². The number of hydrogen-bond donors (Lipinski definition) is 1. The highest BCUT2D eigenvalue weighted by atomic mass is 79.9. The monoisotopic (exact) mass is 469 g/mol. The molecule has 1 aliphatic heterocycles. The molecule has 0 amide bonds. The van der Waals surface area contributed by atoms with E-state index in [0.717, 1.165) is 10.1 Å². The first-order valence-corrected chi connectivity index (χ1v) is 10.2. The summed E-state index contributed by atoms with van der Waals surface area (Å²) in [4.78, 5) is 51.2. The van der Waals surface area contributed by atoms with E-state index in [9.17, 15) is 24.3 Å². The molecule has 0 bridgehead atoms. The van der Waals surface area contributed by atoms with Gasteiger partial charge in [0, 0.05) is 42.2 Å². The summed E-state index contributed by atoms with van der Waals surface area (Å²) < 4.78 is 3.88. The van der Waals surface area contributed by atoms with Gasteiger partial charge in [0.15, 0.2) is 11.6 Å². The van der Waals surface area contributed by atoms with Crippen molar-refractivity contribution in [3.05, 3.63) is 84.2 Å². The van der Waals surface area contributed by atoms with E-state index in [2.05, 4.69) is 15.9 Å². The number of Topliss-reactive ketones (excluding diaryl/α,β-unsaturated/α-hetero) is 1. The second kappa shape index (κ2) is 6.40. The van der Waals surface area contributed by atoms with Crippen LogP contribution in [0.4, 0.5) is 0 Å². The molecule has 30 heavy (non-hydrogen) atoms. The van der Waals surface area contributed by atoms with Crippen molar-refractivity contribution in [1.82, 2.24) is 13.9 Å². The number of phenols is 1. The third kappa shape index (κ3) is 2.38. The lowest BCUT2D eigenvalue weighted by molar-refractivity contribution is -0.115. The molecule has 0 spiro atoms. The number of para-hydroxylation sites is 1. The Morgan fingerprint density at radius 3 is 2.57 bits per heavy atom. The van der Waals surface area contributed by atoms with Crippen LogP contribution in [-0.2, 0) is 23.2 Å². The molecule has 2 atom stereocenters. The standard InChI is InChI=1S/C21H16BrN3O5/c1-23-20(29)24-7-6-10-14(25(24)21(23)30)8-12-18(16(27)9-13(22)19(12)28)17(10)11-4-2-3-5-15(11)26/h2-6,9,14,17,26H,7-8H2,1H3/t14-,17-/m1/s1. The minimum atomic E-state index is -0.691. The summed E-state index contributed by atoms with van der Waals surface area (Å²) in [5.74, 6) is -1.34. The molecule has 2 aliphatic carbocycles. The lowest BCUT2D eigenvalue weighted by atomic mass is 9.68. The number of aromatic nitrogens is 3. The summed E-state index contributed by atoms with van der Waals surface area (Å²) in [5, 5.41) is 10.5. The molecule has 8 nitrogen and oxygen atoms in total. The Bertz CT molecular complexity index is 1370. The van der Waals surface area contributed by atoms with E-state index in [4.69, 9.17) is 0 Å². The Hall–Kier alpha value is -3.20. The highest BCUT2D eigenvalue weighted by Gasteiger charge is 2.45. The number of aromatic hydroxyl groups is 1. The average molecular weight is 470 g/mol. The highest BCUT2D eigenvalue weighted by Crippen LogP contribution is 2.51. The van der Waals surface area contributed by atoms with Crippen molar-refractivity contribution in [3.63, 3.8) is 0 Å². The van der Waals surface area contributed by atoms with Crippen molar-refractivity contribution >= 4 is 27.5 Å². The van der Waals surface area contributed by atoms with Gasteiger partial charge in [-0.3, -0.25) is 9.59 Å². The topological polar surface area (TPSA) is 103 Å². The SMILES string of the molecule is Cn1c(=O)n2n(c1=O)[C@@H]1CC3=C(C(=O)C=C(Br)C3=O)[C@@H](c3ccccc3O)C1=CC2. The summed E-state index contributed by atoms with van der Waals surface area (Å²) in [7, 11) is 1.41. The first kappa shape index (κ1) is 18.8. The second-order valence-electron chi connectivity index (χ2n) is 7.54. The third-order valence-electron chi connectivity index (χ3n) is 6.04. The number of carbonyl (C=O) groups is 2. The Morgan fingerprint density at radius 1 is 1.10 bits per heavy atom. The van der Waals surface area contributed by atoms with E-state index in [0.29, 0.717) is 16.7 Å². The molecule has 0 radical (unpaired) electrons. The van der Waals surface area contributed by atoms with Crippen LogP contribution in [-0.4, -0.2) is 30.6 Å². The quantitative estimate of drug-likeness (QED) is 0.502. The smallest absolute Gasteiger partial charge is 0.347 e. The number of phenolic OH excluding ortho intramolecular Hbond substituents is 1. The van der Waals surface area contributed by atoms with Crippen molar-refractivity contribution in [3.8, 4) is 5.75 Å². The van der Waals surface area contributed by atoms with Gasteiger partial charge in [0.05, 0.1) is 17.1 Å². The maximum atomic E-state index is 13.0. The van der Waals surface area contributed by atoms with Crippen LogP contribution in [0, 0.1) is 0 Å². The van der Waals surface area contributed by atoms with E-state index in [1.807, 2.05) is 6.08 Å². The van der Waals surface area contributed by atoms with Gasteiger partial charge in [-0.05, 0) is 27.6 Å². The molecule has 0 saturated carbocycles. The fourth-order valence-corrected chi connectivity index (χ4v) is 5.12. The summed E-state index contributed by atoms with van der Waals surface area (Å²) >= 11 is 3.16. The molecule has 0 unspecified atom stereocenters. The van der Waals surface area contributed by atoms with Gasteiger partial charge in [-0.1, -0.05) is 24.3 Å². The zero-order chi connectivity index (χ0) is 21.3. The predicted octanol–water partition coefficient (Wildman–Crippen LogP) is 1.45. The second-order valence-corrected chi connectivity index (χ2v) is 8.40. The largest absolute Gasteiger partial charge is 0.508 e. The number of hydrogen-bond acceptors (Lipinski definition) is 5. The molecule has 1 N–H and O–H groups in total.